The molecule has 0 aliphatic heterocycles. The van der Waals surface area contributed by atoms with Gasteiger partial charge in [-0.25, -0.2) is 9.78 Å². The minimum absolute atomic E-state index is 0.198. The number of halogens is 3. The van der Waals surface area contributed by atoms with Gasteiger partial charge in [0.2, 0.25) is 0 Å². The van der Waals surface area contributed by atoms with E-state index in [1.54, 1.807) is 12.1 Å². The topological polar surface area (TPSA) is 83.6 Å². The summed E-state index contributed by atoms with van der Waals surface area (Å²) < 4.78 is 43.8. The van der Waals surface area contributed by atoms with Crippen LogP contribution in [0.2, 0.25) is 0 Å². The van der Waals surface area contributed by atoms with E-state index in [1.165, 1.54) is 6.20 Å². The highest BCUT2D eigenvalue weighted by atomic mass is 19.4. The number of rotatable bonds is 5. The number of amides is 2. The number of alkyl halides is 3. The number of anilines is 2. The van der Waals surface area contributed by atoms with Crippen molar-refractivity contribution < 1.29 is 27.5 Å². The summed E-state index contributed by atoms with van der Waals surface area (Å²) >= 11 is 0. The Labute approximate surface area is 159 Å². The lowest BCUT2D eigenvalue weighted by molar-refractivity contribution is -0.137. The van der Waals surface area contributed by atoms with Crippen LogP contribution in [0, 0.1) is 0 Å². The SMILES string of the molecule is COC(=O)Nc1cc(C(=O)Nc2cc(CN(C)C)ccn2)cc(C(F)(F)F)c1. The number of carbonyl (C=O) groups is 2. The van der Waals surface area contributed by atoms with Crippen molar-refractivity contribution in [3.8, 4) is 0 Å². The van der Waals surface area contributed by atoms with E-state index in [1.807, 2.05) is 19.0 Å². The quantitative estimate of drug-likeness (QED) is 0.807. The predicted octanol–water partition coefficient (Wildman–Crippen LogP) is 3.59. The van der Waals surface area contributed by atoms with Gasteiger partial charge in [-0.1, -0.05) is 0 Å². The molecule has 0 atom stereocenters. The lowest BCUT2D eigenvalue weighted by Crippen LogP contribution is -2.17. The fourth-order valence-corrected chi connectivity index (χ4v) is 2.36. The zero-order chi connectivity index (χ0) is 20.9. The molecule has 0 saturated carbocycles. The van der Waals surface area contributed by atoms with Gasteiger partial charge in [0, 0.05) is 24.0 Å². The fourth-order valence-electron chi connectivity index (χ4n) is 2.36. The molecule has 2 amide bonds. The molecule has 2 N–H and O–H groups in total. The normalized spacial score (nSPS) is 11.2. The van der Waals surface area contributed by atoms with Crippen LogP contribution < -0.4 is 10.6 Å². The first-order valence-electron chi connectivity index (χ1n) is 8.06. The van der Waals surface area contributed by atoms with Crippen molar-refractivity contribution in [3.63, 3.8) is 0 Å². The van der Waals surface area contributed by atoms with E-state index in [0.717, 1.165) is 18.7 Å². The van der Waals surface area contributed by atoms with Crippen molar-refractivity contribution in [2.75, 3.05) is 31.8 Å². The largest absolute Gasteiger partial charge is 0.453 e. The molecule has 150 valence electrons. The van der Waals surface area contributed by atoms with E-state index in [-0.39, 0.29) is 17.1 Å². The summed E-state index contributed by atoms with van der Waals surface area (Å²) in [5.41, 5.74) is -0.726. The predicted molar refractivity (Wildman–Crippen MR) is 97.1 cm³/mol. The molecule has 1 aromatic heterocycles. The van der Waals surface area contributed by atoms with Gasteiger partial charge in [0.25, 0.3) is 5.91 Å². The molecule has 28 heavy (non-hydrogen) atoms. The number of pyridine rings is 1. The highest BCUT2D eigenvalue weighted by Gasteiger charge is 2.32. The van der Waals surface area contributed by atoms with Gasteiger partial charge in [-0.15, -0.1) is 0 Å². The van der Waals surface area contributed by atoms with Crippen LogP contribution in [-0.2, 0) is 17.5 Å². The minimum Gasteiger partial charge on any atom is -0.453 e. The molecule has 0 aliphatic carbocycles. The number of nitrogens with one attached hydrogen (secondary N) is 2. The van der Waals surface area contributed by atoms with Crippen LogP contribution in [0.1, 0.15) is 21.5 Å². The zero-order valence-corrected chi connectivity index (χ0v) is 15.4. The Morgan fingerprint density at radius 2 is 1.86 bits per heavy atom. The van der Waals surface area contributed by atoms with Crippen molar-refractivity contribution in [2.24, 2.45) is 0 Å². The molecule has 0 fully saturated rings. The number of hydrogen-bond acceptors (Lipinski definition) is 5. The summed E-state index contributed by atoms with van der Waals surface area (Å²) in [5, 5.41) is 4.60. The highest BCUT2D eigenvalue weighted by molar-refractivity contribution is 6.05. The number of nitrogens with zero attached hydrogens (tertiary/aromatic N) is 2. The van der Waals surface area contributed by atoms with Gasteiger partial charge < -0.3 is 15.0 Å². The van der Waals surface area contributed by atoms with Crippen LogP contribution in [0.15, 0.2) is 36.5 Å². The Kier molecular flexibility index (Phi) is 6.57. The summed E-state index contributed by atoms with van der Waals surface area (Å²) in [4.78, 5) is 29.7. The maximum atomic E-state index is 13.1. The summed E-state index contributed by atoms with van der Waals surface area (Å²) in [6.45, 7) is 0.599. The maximum absolute atomic E-state index is 13.1. The molecule has 0 aliphatic rings. The van der Waals surface area contributed by atoms with Gasteiger partial charge in [-0.2, -0.15) is 13.2 Å². The monoisotopic (exact) mass is 396 g/mol. The number of carbonyl (C=O) groups excluding carboxylic acids is 2. The molecule has 0 unspecified atom stereocenters. The van der Waals surface area contributed by atoms with Crippen LogP contribution in [0.3, 0.4) is 0 Å². The molecular formula is C18H19F3N4O3. The van der Waals surface area contributed by atoms with Crippen molar-refractivity contribution in [3.05, 3.63) is 53.2 Å². The maximum Gasteiger partial charge on any atom is 0.416 e. The molecule has 0 spiro atoms. The van der Waals surface area contributed by atoms with Crippen molar-refractivity contribution >= 4 is 23.5 Å². The van der Waals surface area contributed by atoms with Gasteiger partial charge in [-0.3, -0.25) is 10.1 Å². The standard InChI is InChI=1S/C18H19F3N4O3/c1-25(2)10-11-4-5-22-15(6-11)24-16(26)12-7-13(18(19,20)21)9-14(8-12)23-17(27)28-3/h4-9H,10H2,1-3H3,(H,23,27)(H,22,24,26). The zero-order valence-electron chi connectivity index (χ0n) is 15.4. The third-order valence-corrected chi connectivity index (χ3v) is 3.52. The summed E-state index contributed by atoms with van der Waals surface area (Å²) in [6.07, 6.45) is -4.17. The van der Waals surface area contributed by atoms with E-state index in [4.69, 9.17) is 0 Å². The molecule has 1 heterocycles. The number of aromatic nitrogens is 1. The molecule has 1 aromatic carbocycles. The smallest absolute Gasteiger partial charge is 0.416 e. The van der Waals surface area contributed by atoms with Crippen LogP contribution in [0.25, 0.3) is 0 Å². The second-order valence-corrected chi connectivity index (χ2v) is 6.15. The van der Waals surface area contributed by atoms with Gasteiger partial charge >= 0.3 is 12.3 Å². The van der Waals surface area contributed by atoms with Gasteiger partial charge in [0.05, 0.1) is 12.7 Å². The van der Waals surface area contributed by atoms with Crippen LogP contribution >= 0.6 is 0 Å². The third-order valence-electron chi connectivity index (χ3n) is 3.52. The molecular weight excluding hydrogens is 377 g/mol. The van der Waals surface area contributed by atoms with Crippen LogP contribution in [-0.4, -0.2) is 43.1 Å². The number of ether oxygens (including phenoxy) is 1. The van der Waals surface area contributed by atoms with Crippen molar-refractivity contribution in [1.29, 1.82) is 0 Å². The average molecular weight is 396 g/mol. The number of benzene rings is 1. The van der Waals surface area contributed by atoms with E-state index < -0.39 is 23.7 Å². The summed E-state index contributed by atoms with van der Waals surface area (Å²) in [5.74, 6) is -0.599. The van der Waals surface area contributed by atoms with E-state index in [0.29, 0.717) is 18.7 Å². The Balaban J connectivity index is 2.31. The first-order valence-corrected chi connectivity index (χ1v) is 8.06. The molecule has 2 rings (SSSR count). The molecule has 0 saturated heterocycles. The first-order chi connectivity index (χ1) is 13.1. The number of methoxy groups -OCH3 is 1. The average Bonchev–Trinajstić information content (AvgIpc) is 2.60. The van der Waals surface area contributed by atoms with Crippen molar-refractivity contribution in [1.82, 2.24) is 9.88 Å². The second kappa shape index (κ2) is 8.70. The summed E-state index contributed by atoms with van der Waals surface area (Å²) in [7, 11) is 4.82. The lowest BCUT2D eigenvalue weighted by Gasteiger charge is -2.13. The van der Waals surface area contributed by atoms with Gasteiger partial charge in [0.15, 0.2) is 0 Å². The Morgan fingerprint density at radius 3 is 2.46 bits per heavy atom. The van der Waals surface area contributed by atoms with Crippen LogP contribution in [0.5, 0.6) is 0 Å². The number of hydrogen-bond donors (Lipinski definition) is 2. The lowest BCUT2D eigenvalue weighted by atomic mass is 10.1. The van der Waals surface area contributed by atoms with Gasteiger partial charge in [0.1, 0.15) is 5.82 Å². The molecule has 0 radical (unpaired) electrons. The molecule has 10 heteroatoms. The van der Waals surface area contributed by atoms with E-state index in [2.05, 4.69) is 20.4 Å². The Hall–Kier alpha value is -3.14. The Bertz CT molecular complexity index is 869. The van der Waals surface area contributed by atoms with Crippen molar-refractivity contribution in [2.45, 2.75) is 12.7 Å². The molecule has 2 aromatic rings. The Morgan fingerprint density at radius 1 is 1.14 bits per heavy atom. The fraction of sp³-hybridized carbons (Fsp3) is 0.278. The second-order valence-electron chi connectivity index (χ2n) is 6.15. The third kappa shape index (κ3) is 5.95. The van der Waals surface area contributed by atoms with Gasteiger partial charge in [-0.05, 0) is 50.0 Å². The molecule has 7 nitrogen and oxygen atoms in total. The highest BCUT2D eigenvalue weighted by Crippen LogP contribution is 2.32. The first kappa shape index (κ1) is 21.2. The van der Waals surface area contributed by atoms with Crippen LogP contribution in [0.4, 0.5) is 29.5 Å². The molecule has 0 bridgehead atoms. The van der Waals surface area contributed by atoms with E-state index in [9.17, 15) is 22.8 Å². The summed E-state index contributed by atoms with van der Waals surface area (Å²) in [6, 6.07) is 5.91. The minimum atomic E-state index is -4.70. The van der Waals surface area contributed by atoms with E-state index >= 15 is 0 Å².